The molecule has 3 fully saturated rings. The third-order valence-electron chi connectivity index (χ3n) is 6.21. The lowest BCUT2D eigenvalue weighted by molar-refractivity contribution is -0.237. The zero-order chi connectivity index (χ0) is 17.7. The molecule has 3 N–H and O–H groups in total. The Bertz CT molecular complexity index is 547. The largest absolute Gasteiger partial charge is 0.453 e. The Kier molecular flexibility index (Phi) is 4.79. The molecule has 0 radical (unpaired) electrons. The fraction of sp³-hybridized carbons (Fsp3) is 0.875. The monoisotopic (exact) mass is 379 g/mol. The van der Waals surface area contributed by atoms with Crippen molar-refractivity contribution in [3.63, 3.8) is 0 Å². The van der Waals surface area contributed by atoms with E-state index in [2.05, 4.69) is 5.32 Å². The molecule has 6 nitrogen and oxygen atoms in total. The Morgan fingerprint density at radius 1 is 1.42 bits per heavy atom. The Morgan fingerprint density at radius 2 is 2.12 bits per heavy atom. The van der Waals surface area contributed by atoms with E-state index in [-0.39, 0.29) is 24.3 Å². The molecular formula is C16H23Cl2NO5. The quantitative estimate of drug-likeness (QED) is 0.484. The molecule has 2 heterocycles. The van der Waals surface area contributed by atoms with Crippen LogP contribution in [-0.4, -0.2) is 57.2 Å². The first-order valence-electron chi connectivity index (χ1n) is 8.38. The van der Waals surface area contributed by atoms with Crippen LogP contribution in [0.5, 0.6) is 0 Å². The van der Waals surface area contributed by atoms with Crippen LogP contribution < -0.4 is 5.32 Å². The maximum atomic E-state index is 12.5. The second kappa shape index (κ2) is 6.31. The molecule has 1 aliphatic carbocycles. The van der Waals surface area contributed by atoms with Gasteiger partial charge < -0.3 is 20.3 Å². The summed E-state index contributed by atoms with van der Waals surface area (Å²) in [5.74, 6) is -2.18. The summed E-state index contributed by atoms with van der Waals surface area (Å²) in [5.41, 5.74) is -2.39. The van der Waals surface area contributed by atoms with Crippen LogP contribution in [0.25, 0.3) is 0 Å². The predicted octanol–water partition coefficient (Wildman–Crippen LogP) is 0.792. The van der Waals surface area contributed by atoms with Gasteiger partial charge in [0.15, 0.2) is 11.1 Å². The van der Waals surface area contributed by atoms with Gasteiger partial charge in [-0.05, 0) is 32.1 Å². The van der Waals surface area contributed by atoms with Gasteiger partial charge in [0.2, 0.25) is 5.91 Å². The number of carbonyl (C=O) groups excluding carboxylic acids is 2. The molecule has 0 aromatic rings. The number of ether oxygens (including phenoxy) is 1. The van der Waals surface area contributed by atoms with Gasteiger partial charge in [0.25, 0.3) is 0 Å². The first-order chi connectivity index (χ1) is 11.3. The van der Waals surface area contributed by atoms with Gasteiger partial charge in [0.05, 0.1) is 17.4 Å². The molecule has 0 bridgehead atoms. The fourth-order valence-corrected chi connectivity index (χ4v) is 5.44. The average molecular weight is 380 g/mol. The lowest BCUT2D eigenvalue weighted by atomic mass is 9.59. The summed E-state index contributed by atoms with van der Waals surface area (Å²) in [6, 6.07) is 0. The summed E-state index contributed by atoms with van der Waals surface area (Å²) in [5, 5.41) is 22.9. The van der Waals surface area contributed by atoms with Gasteiger partial charge in [-0.2, -0.15) is 0 Å². The molecule has 2 saturated heterocycles. The van der Waals surface area contributed by atoms with Crippen LogP contribution >= 0.6 is 23.2 Å². The lowest BCUT2D eigenvalue weighted by Crippen LogP contribution is -2.79. The van der Waals surface area contributed by atoms with Crippen molar-refractivity contribution in [2.75, 3.05) is 12.5 Å². The molecule has 0 aromatic carbocycles. The van der Waals surface area contributed by atoms with Crippen molar-refractivity contribution < 1.29 is 24.5 Å². The fourth-order valence-electron chi connectivity index (χ4n) is 4.88. The van der Waals surface area contributed by atoms with Crippen molar-refractivity contribution in [3.05, 3.63) is 0 Å². The summed E-state index contributed by atoms with van der Waals surface area (Å²) in [6.45, 7) is 1.36. The molecule has 0 aromatic heterocycles. The summed E-state index contributed by atoms with van der Waals surface area (Å²) >= 11 is 12.0. The zero-order valence-electron chi connectivity index (χ0n) is 13.5. The number of nitrogens with one attached hydrogen (secondary N) is 1. The summed E-state index contributed by atoms with van der Waals surface area (Å²) in [6.07, 6.45) is 1.66. The first-order valence-corrected chi connectivity index (χ1v) is 9.35. The zero-order valence-corrected chi connectivity index (χ0v) is 15.0. The number of hydrogen-bond donors (Lipinski definition) is 3. The number of halogens is 2. The van der Waals surface area contributed by atoms with Crippen molar-refractivity contribution in [1.82, 2.24) is 5.32 Å². The number of alkyl halides is 2. The van der Waals surface area contributed by atoms with E-state index >= 15 is 0 Å². The Balaban J connectivity index is 1.98. The molecule has 8 heteroatoms. The number of fused-ring (bicyclic) bond motifs is 1. The summed E-state index contributed by atoms with van der Waals surface area (Å²) < 4.78 is 5.42. The summed E-state index contributed by atoms with van der Waals surface area (Å²) in [7, 11) is 0. The number of hydrogen-bond acceptors (Lipinski definition) is 5. The number of aliphatic hydroxyl groups is 2. The minimum absolute atomic E-state index is 0.265. The molecule has 136 valence electrons. The Morgan fingerprint density at radius 3 is 2.71 bits per heavy atom. The SMILES string of the molecule is C[C@@]12OC(=O)[C@]1(C(CO)[C@H]1CCC[C@H](Cl)[C@H]1O)NC(=O)[C@@H]2CCCl. The van der Waals surface area contributed by atoms with Gasteiger partial charge in [0.1, 0.15) is 0 Å². The van der Waals surface area contributed by atoms with E-state index in [1.807, 2.05) is 0 Å². The number of esters is 1. The van der Waals surface area contributed by atoms with Gasteiger partial charge in [0, 0.05) is 18.4 Å². The number of amides is 1. The topological polar surface area (TPSA) is 95.9 Å². The predicted molar refractivity (Wildman–Crippen MR) is 87.8 cm³/mol. The third-order valence-corrected chi connectivity index (χ3v) is 6.90. The van der Waals surface area contributed by atoms with Crippen LogP contribution in [0.1, 0.15) is 32.6 Å². The van der Waals surface area contributed by atoms with Crippen molar-refractivity contribution >= 4 is 35.1 Å². The van der Waals surface area contributed by atoms with Crippen LogP contribution in [0.15, 0.2) is 0 Å². The van der Waals surface area contributed by atoms with Crippen LogP contribution in [0.4, 0.5) is 0 Å². The molecule has 1 amide bonds. The summed E-state index contributed by atoms with van der Waals surface area (Å²) in [4.78, 5) is 24.9. The molecule has 0 spiro atoms. The molecule has 7 atom stereocenters. The number of carbonyl (C=O) groups is 2. The third kappa shape index (κ3) is 2.23. The van der Waals surface area contributed by atoms with E-state index in [9.17, 15) is 19.8 Å². The van der Waals surface area contributed by atoms with E-state index in [1.54, 1.807) is 6.92 Å². The minimum atomic E-state index is -1.32. The van der Waals surface area contributed by atoms with Gasteiger partial charge in [-0.1, -0.05) is 6.42 Å². The van der Waals surface area contributed by atoms with Crippen LogP contribution in [0.3, 0.4) is 0 Å². The van der Waals surface area contributed by atoms with Crippen LogP contribution in [0, 0.1) is 17.8 Å². The molecule has 2 aliphatic heterocycles. The number of aliphatic hydroxyl groups excluding tert-OH is 2. The molecule has 1 saturated carbocycles. The first kappa shape index (κ1) is 18.2. The second-order valence-electron chi connectivity index (χ2n) is 7.21. The highest BCUT2D eigenvalue weighted by Crippen LogP contribution is 2.56. The van der Waals surface area contributed by atoms with E-state index < -0.39 is 40.4 Å². The Hall–Kier alpha value is -0.560. The van der Waals surface area contributed by atoms with Crippen molar-refractivity contribution in [2.45, 2.75) is 55.2 Å². The van der Waals surface area contributed by atoms with E-state index in [4.69, 9.17) is 27.9 Å². The van der Waals surface area contributed by atoms with Crippen LogP contribution in [-0.2, 0) is 14.3 Å². The van der Waals surface area contributed by atoms with Gasteiger partial charge in [-0.15, -0.1) is 23.2 Å². The lowest BCUT2D eigenvalue weighted by Gasteiger charge is -2.57. The van der Waals surface area contributed by atoms with Crippen LogP contribution in [0.2, 0.25) is 0 Å². The van der Waals surface area contributed by atoms with E-state index in [0.29, 0.717) is 19.3 Å². The highest BCUT2D eigenvalue weighted by molar-refractivity contribution is 6.21. The van der Waals surface area contributed by atoms with Crippen molar-refractivity contribution in [2.24, 2.45) is 17.8 Å². The van der Waals surface area contributed by atoms with E-state index in [1.165, 1.54) is 0 Å². The van der Waals surface area contributed by atoms with Crippen molar-refractivity contribution in [3.8, 4) is 0 Å². The van der Waals surface area contributed by atoms with Gasteiger partial charge in [-0.25, -0.2) is 4.79 Å². The molecule has 3 aliphatic rings. The van der Waals surface area contributed by atoms with Crippen molar-refractivity contribution in [1.29, 1.82) is 0 Å². The molecule has 24 heavy (non-hydrogen) atoms. The highest BCUT2D eigenvalue weighted by Gasteiger charge is 2.79. The van der Waals surface area contributed by atoms with E-state index in [0.717, 1.165) is 6.42 Å². The molecule has 1 unspecified atom stereocenters. The van der Waals surface area contributed by atoms with Gasteiger partial charge in [-0.3, -0.25) is 4.79 Å². The highest BCUT2D eigenvalue weighted by atomic mass is 35.5. The van der Waals surface area contributed by atoms with Gasteiger partial charge >= 0.3 is 5.97 Å². The molecular weight excluding hydrogens is 357 g/mol. The Labute approximate surface area is 150 Å². The smallest absolute Gasteiger partial charge is 0.337 e. The average Bonchev–Trinajstić information content (AvgIpc) is 2.71. The normalized spacial score (nSPS) is 45.9. The molecule has 3 rings (SSSR count). The maximum absolute atomic E-state index is 12.5. The minimum Gasteiger partial charge on any atom is -0.453 e. The second-order valence-corrected chi connectivity index (χ2v) is 8.15. The standard InChI is InChI=1S/C16H23Cl2NO5/c1-15-9(5-6-17)13(22)19-16(15,14(23)24-15)10(7-20)8-3-2-4-11(18)12(8)21/h8-12,20-21H,2-7H2,1H3,(H,19,22)/t8-,9+,10?,11+,12+,15+,16+/m1/s1. The number of rotatable bonds is 5. The maximum Gasteiger partial charge on any atom is 0.337 e.